The highest BCUT2D eigenvalue weighted by Gasteiger charge is 2.48. The maximum atomic E-state index is 12.6. The molecule has 174 valence electrons. The zero-order valence-electron chi connectivity index (χ0n) is 16.5. The number of carboxylic acid groups (broad SMARTS) is 1. The first-order valence-electron chi connectivity index (χ1n) is 9.49. The van der Waals surface area contributed by atoms with Gasteiger partial charge in [0.1, 0.15) is 40.8 Å². The molecule has 1 aliphatic heterocycles. The highest BCUT2D eigenvalue weighted by molar-refractivity contribution is 5.89. The van der Waals surface area contributed by atoms with Crippen molar-refractivity contribution in [1.29, 1.82) is 0 Å². The molecule has 1 aromatic heterocycles. The van der Waals surface area contributed by atoms with E-state index in [2.05, 4.69) is 0 Å². The fourth-order valence-corrected chi connectivity index (χ4v) is 3.40. The highest BCUT2D eigenvalue weighted by Crippen LogP contribution is 2.42. The summed E-state index contributed by atoms with van der Waals surface area (Å²) >= 11 is 0. The van der Waals surface area contributed by atoms with Crippen LogP contribution in [0, 0.1) is 0 Å². The second-order valence-corrected chi connectivity index (χ2v) is 7.32. The first-order valence-corrected chi connectivity index (χ1v) is 9.49. The minimum Gasteiger partial charge on any atom is -0.508 e. The van der Waals surface area contributed by atoms with Crippen LogP contribution in [0.15, 0.2) is 45.6 Å². The summed E-state index contributed by atoms with van der Waals surface area (Å²) in [5.74, 6) is -4.01. The smallest absolute Gasteiger partial charge is 0.335 e. The molecule has 0 amide bonds. The minimum absolute atomic E-state index is 0.0156. The van der Waals surface area contributed by atoms with Crippen LogP contribution < -0.4 is 10.2 Å². The summed E-state index contributed by atoms with van der Waals surface area (Å²) in [5, 5.41) is 68.6. The Labute approximate surface area is 183 Å². The molecular formula is C21H18O12. The van der Waals surface area contributed by atoms with Gasteiger partial charge in [-0.05, 0) is 24.3 Å². The van der Waals surface area contributed by atoms with E-state index in [0.717, 1.165) is 12.1 Å². The third kappa shape index (κ3) is 3.91. The van der Waals surface area contributed by atoms with Gasteiger partial charge in [-0.2, -0.15) is 0 Å². The van der Waals surface area contributed by atoms with Crippen molar-refractivity contribution >= 4 is 16.9 Å². The van der Waals surface area contributed by atoms with E-state index in [1.165, 1.54) is 24.3 Å². The molecule has 33 heavy (non-hydrogen) atoms. The van der Waals surface area contributed by atoms with Gasteiger partial charge in [0, 0.05) is 17.7 Å². The highest BCUT2D eigenvalue weighted by atomic mass is 16.7. The van der Waals surface area contributed by atoms with Crippen molar-refractivity contribution in [3.63, 3.8) is 0 Å². The van der Waals surface area contributed by atoms with E-state index in [0.29, 0.717) is 5.56 Å². The number of benzene rings is 2. The molecule has 0 bridgehead atoms. The van der Waals surface area contributed by atoms with Crippen LogP contribution in [-0.4, -0.2) is 72.4 Å². The van der Waals surface area contributed by atoms with Crippen molar-refractivity contribution in [2.45, 2.75) is 30.7 Å². The van der Waals surface area contributed by atoms with E-state index >= 15 is 0 Å². The fourth-order valence-electron chi connectivity index (χ4n) is 3.40. The lowest BCUT2D eigenvalue weighted by Gasteiger charge is -2.38. The molecule has 1 fully saturated rings. The van der Waals surface area contributed by atoms with Gasteiger partial charge in [-0.1, -0.05) is 0 Å². The summed E-state index contributed by atoms with van der Waals surface area (Å²) in [6, 6.07) is 7.74. The van der Waals surface area contributed by atoms with Crippen LogP contribution in [0.5, 0.6) is 23.0 Å². The molecule has 0 unspecified atom stereocenters. The number of phenolic OH excluding ortho intramolecular Hbond substituents is 3. The second kappa shape index (κ2) is 8.26. The first kappa shape index (κ1) is 22.4. The average Bonchev–Trinajstić information content (AvgIpc) is 2.77. The van der Waals surface area contributed by atoms with Gasteiger partial charge in [-0.3, -0.25) is 4.79 Å². The Morgan fingerprint density at radius 3 is 2.21 bits per heavy atom. The lowest BCUT2D eigenvalue weighted by molar-refractivity contribution is -0.271. The number of carboxylic acids is 1. The molecule has 12 heteroatoms. The Kier molecular flexibility index (Phi) is 5.59. The largest absolute Gasteiger partial charge is 0.508 e. The Balaban J connectivity index is 1.76. The SMILES string of the molecule is O=C(O)[C@@H]1O[C@@H](Oc2cc3oc(-c4ccc(O)cc4)cc(=O)c3c(O)c2O)[C@@H](O)[C@H](O)[C@@H]1O. The molecule has 4 rings (SSSR count). The molecule has 12 nitrogen and oxygen atoms in total. The lowest BCUT2D eigenvalue weighted by atomic mass is 9.99. The van der Waals surface area contributed by atoms with Gasteiger partial charge in [0.2, 0.25) is 12.0 Å². The van der Waals surface area contributed by atoms with Crippen molar-refractivity contribution in [3.8, 4) is 34.3 Å². The number of aliphatic hydroxyl groups is 3. The number of fused-ring (bicyclic) bond motifs is 1. The Morgan fingerprint density at radius 2 is 1.58 bits per heavy atom. The van der Waals surface area contributed by atoms with Crippen LogP contribution in [0.25, 0.3) is 22.3 Å². The van der Waals surface area contributed by atoms with E-state index in [4.69, 9.17) is 19.0 Å². The number of hydrogen-bond acceptors (Lipinski definition) is 11. The number of rotatable bonds is 4. The molecule has 2 heterocycles. The Morgan fingerprint density at radius 1 is 0.909 bits per heavy atom. The normalized spacial score (nSPS) is 25.1. The van der Waals surface area contributed by atoms with Crippen LogP contribution in [0.4, 0.5) is 0 Å². The lowest BCUT2D eigenvalue weighted by Crippen LogP contribution is -2.61. The van der Waals surface area contributed by atoms with E-state index in [-0.39, 0.29) is 22.5 Å². The summed E-state index contributed by atoms with van der Waals surface area (Å²) in [6.45, 7) is 0. The Hall–Kier alpha value is -3.84. The molecule has 2 aromatic carbocycles. The summed E-state index contributed by atoms with van der Waals surface area (Å²) in [6.07, 6.45) is -9.67. The zero-order chi connectivity index (χ0) is 24.0. The van der Waals surface area contributed by atoms with Crippen LogP contribution in [0.1, 0.15) is 0 Å². The van der Waals surface area contributed by atoms with E-state index < -0.39 is 59.4 Å². The van der Waals surface area contributed by atoms with Gasteiger partial charge in [0.25, 0.3) is 0 Å². The second-order valence-electron chi connectivity index (χ2n) is 7.32. The average molecular weight is 462 g/mol. The standard InChI is InChI=1S/C21H18O12/c22-8-3-1-7(2-4-8)10-5-9(23)13-11(31-10)6-12(14(24)15(13)25)32-21-18(28)16(26)17(27)19(33-21)20(29)30/h1-6,16-19,21-22,24-28H,(H,29,30)/t16-,17+,18+,19-,21-/m1/s1. The summed E-state index contributed by atoms with van der Waals surface area (Å²) in [5.41, 5.74) is -0.539. The summed E-state index contributed by atoms with van der Waals surface area (Å²) < 4.78 is 15.9. The topological polar surface area (TPSA) is 207 Å². The molecular weight excluding hydrogens is 444 g/mol. The number of aromatic hydroxyl groups is 3. The molecule has 5 atom stereocenters. The maximum absolute atomic E-state index is 12.6. The van der Waals surface area contributed by atoms with Crippen molar-refractivity contribution in [2.75, 3.05) is 0 Å². The van der Waals surface area contributed by atoms with Crippen molar-refractivity contribution < 1.29 is 54.4 Å². The molecule has 1 saturated heterocycles. The fraction of sp³-hybridized carbons (Fsp3) is 0.238. The monoisotopic (exact) mass is 462 g/mol. The van der Waals surface area contributed by atoms with Crippen LogP contribution in [0.3, 0.4) is 0 Å². The molecule has 0 aliphatic carbocycles. The number of carbonyl (C=O) groups is 1. The molecule has 1 aliphatic rings. The number of aliphatic carboxylic acids is 1. The van der Waals surface area contributed by atoms with Gasteiger partial charge in [0.05, 0.1) is 0 Å². The quantitative estimate of drug-likeness (QED) is 0.253. The molecule has 3 aromatic rings. The predicted molar refractivity (Wildman–Crippen MR) is 108 cm³/mol. The van der Waals surface area contributed by atoms with Crippen molar-refractivity contribution in [3.05, 3.63) is 46.6 Å². The van der Waals surface area contributed by atoms with Crippen LogP contribution in [0.2, 0.25) is 0 Å². The molecule has 0 spiro atoms. The maximum Gasteiger partial charge on any atom is 0.335 e. The molecule has 0 saturated carbocycles. The van der Waals surface area contributed by atoms with E-state index in [1.54, 1.807) is 0 Å². The van der Waals surface area contributed by atoms with Crippen LogP contribution in [-0.2, 0) is 9.53 Å². The summed E-state index contributed by atoms with van der Waals surface area (Å²) in [4.78, 5) is 23.8. The van der Waals surface area contributed by atoms with E-state index in [1.807, 2.05) is 0 Å². The van der Waals surface area contributed by atoms with Crippen molar-refractivity contribution in [2.24, 2.45) is 0 Å². The van der Waals surface area contributed by atoms with Gasteiger partial charge < -0.3 is 49.6 Å². The van der Waals surface area contributed by atoms with Crippen LogP contribution >= 0.6 is 0 Å². The predicted octanol–water partition coefficient (Wildman–Crippen LogP) is -0.152. The third-order valence-electron chi connectivity index (χ3n) is 5.14. The molecule has 7 N–H and O–H groups in total. The number of hydrogen-bond donors (Lipinski definition) is 7. The number of phenols is 3. The zero-order valence-corrected chi connectivity index (χ0v) is 16.5. The van der Waals surface area contributed by atoms with E-state index in [9.17, 15) is 40.2 Å². The third-order valence-corrected chi connectivity index (χ3v) is 5.14. The molecule has 0 radical (unpaired) electrons. The number of ether oxygens (including phenoxy) is 2. The van der Waals surface area contributed by atoms with Crippen molar-refractivity contribution in [1.82, 2.24) is 0 Å². The van der Waals surface area contributed by atoms with Gasteiger partial charge in [-0.15, -0.1) is 0 Å². The summed E-state index contributed by atoms with van der Waals surface area (Å²) in [7, 11) is 0. The first-order chi connectivity index (χ1) is 15.6. The van der Waals surface area contributed by atoms with Gasteiger partial charge >= 0.3 is 5.97 Å². The Bertz CT molecular complexity index is 1260. The number of aliphatic hydroxyl groups excluding tert-OH is 3. The minimum atomic E-state index is -1.96. The van der Waals surface area contributed by atoms with Gasteiger partial charge in [-0.25, -0.2) is 4.79 Å². The van der Waals surface area contributed by atoms with Gasteiger partial charge in [0.15, 0.2) is 23.0 Å².